The van der Waals surface area contributed by atoms with Crippen molar-refractivity contribution >= 4 is 0 Å². The topological polar surface area (TPSA) is 29.3 Å². The summed E-state index contributed by atoms with van der Waals surface area (Å²) in [4.78, 5) is 2.53. The molecule has 15 heavy (non-hydrogen) atoms. The number of hydrogen-bond acceptors (Lipinski definition) is 2. The van der Waals surface area contributed by atoms with Gasteiger partial charge in [-0.2, -0.15) is 0 Å². The second-order valence-electron chi connectivity index (χ2n) is 4.34. The fourth-order valence-corrected chi connectivity index (χ4v) is 2.35. The number of hydrogen-bond donors (Lipinski definition) is 1. The monoisotopic (exact) mass is 204 g/mol. The lowest BCUT2D eigenvalue weighted by Crippen LogP contribution is -2.43. The van der Waals surface area contributed by atoms with E-state index in [-0.39, 0.29) is 0 Å². The van der Waals surface area contributed by atoms with Gasteiger partial charge in [-0.25, -0.2) is 0 Å². The van der Waals surface area contributed by atoms with Crippen LogP contribution in [-0.2, 0) is 6.54 Å². The second-order valence-corrected chi connectivity index (χ2v) is 4.34. The third kappa shape index (κ3) is 2.80. The van der Waals surface area contributed by atoms with E-state index < -0.39 is 0 Å². The smallest absolute Gasteiger partial charge is 0.0237 e. The van der Waals surface area contributed by atoms with Gasteiger partial charge in [0.15, 0.2) is 0 Å². The van der Waals surface area contributed by atoms with Crippen LogP contribution in [0.5, 0.6) is 0 Å². The molecule has 1 aromatic carbocycles. The minimum absolute atomic E-state index is 0.596. The van der Waals surface area contributed by atoms with Gasteiger partial charge in [-0.05, 0) is 24.9 Å². The van der Waals surface area contributed by atoms with E-state index in [1.807, 2.05) is 0 Å². The summed E-state index contributed by atoms with van der Waals surface area (Å²) in [5.41, 5.74) is 7.21. The largest absolute Gasteiger partial charge is 0.329 e. The van der Waals surface area contributed by atoms with Gasteiger partial charge in [-0.3, -0.25) is 4.90 Å². The lowest BCUT2D eigenvalue weighted by molar-refractivity contribution is 0.145. The molecular weight excluding hydrogens is 184 g/mol. The summed E-state index contributed by atoms with van der Waals surface area (Å²) in [6.45, 7) is 3.06. The quantitative estimate of drug-likeness (QED) is 0.816. The van der Waals surface area contributed by atoms with Gasteiger partial charge in [0, 0.05) is 19.1 Å². The number of rotatable bonds is 3. The SMILES string of the molecule is NCC1CCCCN1Cc1ccccc1. The number of likely N-dealkylation sites (tertiary alicyclic amines) is 1. The van der Waals surface area contributed by atoms with Gasteiger partial charge in [-0.15, -0.1) is 0 Å². The summed E-state index contributed by atoms with van der Waals surface area (Å²) in [7, 11) is 0. The minimum Gasteiger partial charge on any atom is -0.329 e. The van der Waals surface area contributed by atoms with Gasteiger partial charge < -0.3 is 5.73 Å². The Bertz CT molecular complexity index is 284. The summed E-state index contributed by atoms with van der Waals surface area (Å²) in [6.07, 6.45) is 3.93. The average molecular weight is 204 g/mol. The highest BCUT2D eigenvalue weighted by molar-refractivity contribution is 5.14. The van der Waals surface area contributed by atoms with Gasteiger partial charge in [0.05, 0.1) is 0 Å². The van der Waals surface area contributed by atoms with Crippen molar-refractivity contribution in [3.63, 3.8) is 0 Å². The predicted molar refractivity (Wildman–Crippen MR) is 63.5 cm³/mol. The highest BCUT2D eigenvalue weighted by Gasteiger charge is 2.20. The molecule has 1 atom stereocenters. The molecule has 0 saturated carbocycles. The fourth-order valence-electron chi connectivity index (χ4n) is 2.35. The van der Waals surface area contributed by atoms with E-state index in [2.05, 4.69) is 35.2 Å². The first kappa shape index (κ1) is 10.7. The van der Waals surface area contributed by atoms with E-state index in [1.165, 1.54) is 31.4 Å². The maximum atomic E-state index is 5.81. The summed E-state index contributed by atoms with van der Waals surface area (Å²) in [5, 5.41) is 0. The lowest BCUT2D eigenvalue weighted by atomic mass is 10.0. The number of piperidine rings is 1. The molecule has 1 aromatic rings. The van der Waals surface area contributed by atoms with E-state index >= 15 is 0 Å². The fraction of sp³-hybridized carbons (Fsp3) is 0.538. The third-order valence-corrected chi connectivity index (χ3v) is 3.25. The third-order valence-electron chi connectivity index (χ3n) is 3.25. The molecule has 0 aliphatic carbocycles. The molecule has 0 aromatic heterocycles. The Hall–Kier alpha value is -0.860. The summed E-state index contributed by atoms with van der Waals surface area (Å²) >= 11 is 0. The molecule has 0 radical (unpaired) electrons. The molecule has 1 fully saturated rings. The number of nitrogens with two attached hydrogens (primary N) is 1. The van der Waals surface area contributed by atoms with Crippen molar-refractivity contribution in [2.45, 2.75) is 31.8 Å². The highest BCUT2D eigenvalue weighted by Crippen LogP contribution is 2.18. The molecule has 1 aliphatic heterocycles. The Balaban J connectivity index is 1.97. The molecule has 2 heteroatoms. The van der Waals surface area contributed by atoms with Crippen molar-refractivity contribution in [2.24, 2.45) is 5.73 Å². The van der Waals surface area contributed by atoms with Crippen molar-refractivity contribution in [3.8, 4) is 0 Å². The standard InChI is InChI=1S/C13H20N2/c14-10-13-8-4-5-9-15(13)11-12-6-2-1-3-7-12/h1-3,6-7,13H,4-5,8-11,14H2. The number of nitrogens with zero attached hydrogens (tertiary/aromatic N) is 1. The van der Waals surface area contributed by atoms with Crippen molar-refractivity contribution in [1.29, 1.82) is 0 Å². The molecule has 1 unspecified atom stereocenters. The molecule has 1 heterocycles. The average Bonchev–Trinajstić information content (AvgIpc) is 2.31. The highest BCUT2D eigenvalue weighted by atomic mass is 15.2. The molecule has 0 bridgehead atoms. The van der Waals surface area contributed by atoms with E-state index in [0.717, 1.165) is 13.1 Å². The van der Waals surface area contributed by atoms with Gasteiger partial charge in [0.2, 0.25) is 0 Å². The van der Waals surface area contributed by atoms with Crippen LogP contribution in [0, 0.1) is 0 Å². The Morgan fingerprint density at radius 2 is 2.00 bits per heavy atom. The van der Waals surface area contributed by atoms with E-state index in [9.17, 15) is 0 Å². The predicted octanol–water partition coefficient (Wildman–Crippen LogP) is 2.00. The van der Waals surface area contributed by atoms with Crippen LogP contribution >= 0.6 is 0 Å². The van der Waals surface area contributed by atoms with E-state index in [1.54, 1.807) is 0 Å². The van der Waals surface area contributed by atoms with Crippen molar-refractivity contribution < 1.29 is 0 Å². The zero-order valence-corrected chi connectivity index (χ0v) is 9.23. The molecule has 2 N–H and O–H groups in total. The zero-order chi connectivity index (χ0) is 10.5. The first-order chi connectivity index (χ1) is 7.40. The Morgan fingerprint density at radius 3 is 2.73 bits per heavy atom. The minimum atomic E-state index is 0.596. The first-order valence-corrected chi connectivity index (χ1v) is 5.88. The van der Waals surface area contributed by atoms with Gasteiger partial charge in [0.1, 0.15) is 0 Å². The summed E-state index contributed by atoms with van der Waals surface area (Å²) in [6, 6.07) is 11.3. The molecule has 2 rings (SSSR count). The zero-order valence-electron chi connectivity index (χ0n) is 9.23. The molecule has 82 valence electrons. The molecule has 1 saturated heterocycles. The second kappa shape index (κ2) is 5.29. The van der Waals surface area contributed by atoms with Gasteiger partial charge in [0.25, 0.3) is 0 Å². The van der Waals surface area contributed by atoms with Gasteiger partial charge in [-0.1, -0.05) is 36.8 Å². The molecule has 2 nitrogen and oxygen atoms in total. The van der Waals surface area contributed by atoms with Crippen LogP contribution in [-0.4, -0.2) is 24.0 Å². The Morgan fingerprint density at radius 1 is 1.20 bits per heavy atom. The molecule has 0 amide bonds. The van der Waals surface area contributed by atoms with Crippen LogP contribution in [0.4, 0.5) is 0 Å². The molecule has 0 spiro atoms. The Kier molecular flexibility index (Phi) is 3.75. The van der Waals surface area contributed by atoms with Crippen molar-refractivity contribution in [2.75, 3.05) is 13.1 Å². The molecular formula is C13H20N2. The van der Waals surface area contributed by atoms with Crippen molar-refractivity contribution in [3.05, 3.63) is 35.9 Å². The van der Waals surface area contributed by atoms with Gasteiger partial charge >= 0.3 is 0 Å². The lowest BCUT2D eigenvalue weighted by Gasteiger charge is -2.34. The maximum Gasteiger partial charge on any atom is 0.0237 e. The Labute approximate surface area is 92.1 Å². The van der Waals surface area contributed by atoms with Crippen LogP contribution in [0.1, 0.15) is 24.8 Å². The van der Waals surface area contributed by atoms with Crippen molar-refractivity contribution in [1.82, 2.24) is 4.90 Å². The van der Waals surface area contributed by atoms with Crippen LogP contribution < -0.4 is 5.73 Å². The first-order valence-electron chi connectivity index (χ1n) is 5.88. The van der Waals surface area contributed by atoms with Crippen LogP contribution in [0.15, 0.2) is 30.3 Å². The van der Waals surface area contributed by atoms with Crippen LogP contribution in [0.25, 0.3) is 0 Å². The van der Waals surface area contributed by atoms with E-state index in [0.29, 0.717) is 6.04 Å². The normalized spacial score (nSPS) is 22.9. The van der Waals surface area contributed by atoms with E-state index in [4.69, 9.17) is 5.73 Å². The summed E-state index contributed by atoms with van der Waals surface area (Å²) < 4.78 is 0. The molecule has 1 aliphatic rings. The maximum absolute atomic E-state index is 5.81. The summed E-state index contributed by atoms with van der Waals surface area (Å²) in [5.74, 6) is 0. The van der Waals surface area contributed by atoms with Crippen LogP contribution in [0.2, 0.25) is 0 Å². The van der Waals surface area contributed by atoms with Crippen LogP contribution in [0.3, 0.4) is 0 Å². The number of benzene rings is 1.